The number of rotatable bonds is 3. The van der Waals surface area contributed by atoms with Gasteiger partial charge < -0.3 is 5.32 Å². The van der Waals surface area contributed by atoms with Crippen molar-refractivity contribution in [2.24, 2.45) is 0 Å². The lowest BCUT2D eigenvalue weighted by molar-refractivity contribution is 0.102. The Bertz CT molecular complexity index is 833. The summed E-state index contributed by atoms with van der Waals surface area (Å²) in [6.07, 6.45) is 1.54. The van der Waals surface area contributed by atoms with Gasteiger partial charge in [-0.15, -0.1) is 0 Å². The fourth-order valence-corrected chi connectivity index (χ4v) is 2.26. The maximum absolute atomic E-state index is 12.6. The number of aromatic nitrogens is 2. The molecule has 0 fully saturated rings. The van der Waals surface area contributed by atoms with Gasteiger partial charge in [-0.3, -0.25) is 4.79 Å². The van der Waals surface area contributed by atoms with Gasteiger partial charge in [-0.1, -0.05) is 35.9 Å². The molecule has 23 heavy (non-hydrogen) atoms. The van der Waals surface area contributed by atoms with Gasteiger partial charge in [-0.2, -0.15) is 0 Å². The first-order valence-corrected chi connectivity index (χ1v) is 7.38. The average Bonchev–Trinajstić information content (AvgIpc) is 2.56. The number of carbonyl (C=O) groups excluding carboxylic acids is 1. The van der Waals surface area contributed by atoms with Gasteiger partial charge in [-0.25, -0.2) is 9.97 Å². The minimum Gasteiger partial charge on any atom is -0.322 e. The van der Waals surface area contributed by atoms with E-state index in [4.69, 9.17) is 11.6 Å². The quantitative estimate of drug-likeness (QED) is 0.787. The summed E-state index contributed by atoms with van der Waals surface area (Å²) in [4.78, 5) is 21.1. The third-order valence-corrected chi connectivity index (χ3v) is 3.50. The zero-order valence-corrected chi connectivity index (χ0v) is 13.1. The minimum absolute atomic E-state index is 0.263. The maximum atomic E-state index is 12.6. The molecule has 4 nitrogen and oxygen atoms in total. The molecule has 2 aromatic carbocycles. The highest BCUT2D eigenvalue weighted by atomic mass is 35.5. The summed E-state index contributed by atoms with van der Waals surface area (Å²) in [7, 11) is 0. The molecule has 0 saturated carbocycles. The van der Waals surface area contributed by atoms with Crippen LogP contribution in [0.1, 0.15) is 16.2 Å². The summed E-state index contributed by atoms with van der Waals surface area (Å²) in [5, 5.41) is 3.46. The number of benzene rings is 2. The number of amides is 1. The third kappa shape index (κ3) is 3.55. The van der Waals surface area contributed by atoms with Crippen molar-refractivity contribution in [1.29, 1.82) is 0 Å². The molecule has 5 heteroatoms. The van der Waals surface area contributed by atoms with E-state index in [-0.39, 0.29) is 5.91 Å². The predicted octanol–water partition coefficient (Wildman–Crippen LogP) is 4.16. The number of hydrogen-bond donors (Lipinski definition) is 1. The van der Waals surface area contributed by atoms with Crippen LogP contribution in [0, 0.1) is 13.0 Å². The molecule has 1 N–H and O–H groups in total. The van der Waals surface area contributed by atoms with E-state index in [2.05, 4.69) is 21.4 Å². The Morgan fingerprint density at radius 3 is 2.52 bits per heavy atom. The first-order valence-electron chi connectivity index (χ1n) is 7.00. The van der Waals surface area contributed by atoms with Crippen molar-refractivity contribution < 1.29 is 4.79 Å². The topological polar surface area (TPSA) is 54.9 Å². The second-order valence-corrected chi connectivity index (χ2v) is 5.37. The molecular formula is C18H13ClN3O. The lowest BCUT2D eigenvalue weighted by Crippen LogP contribution is -2.15. The molecule has 0 atom stereocenters. The Morgan fingerprint density at radius 1 is 1.13 bits per heavy atom. The van der Waals surface area contributed by atoms with Gasteiger partial charge in [-0.05, 0) is 37.3 Å². The van der Waals surface area contributed by atoms with Crippen LogP contribution in [0.2, 0.25) is 5.02 Å². The molecule has 0 bridgehead atoms. The second-order valence-electron chi connectivity index (χ2n) is 4.93. The minimum atomic E-state index is -0.263. The maximum Gasteiger partial charge on any atom is 0.259 e. The van der Waals surface area contributed by atoms with Crippen molar-refractivity contribution >= 4 is 23.2 Å². The van der Waals surface area contributed by atoms with Crippen molar-refractivity contribution in [3.8, 4) is 11.3 Å². The number of carbonyl (C=O) groups is 1. The molecule has 0 saturated heterocycles. The number of hydrogen-bond acceptors (Lipinski definition) is 3. The molecular weight excluding hydrogens is 310 g/mol. The summed E-state index contributed by atoms with van der Waals surface area (Å²) in [6.45, 7) is 1.79. The van der Waals surface area contributed by atoms with Crippen molar-refractivity contribution in [2.75, 3.05) is 5.32 Å². The average molecular weight is 323 g/mol. The van der Waals surface area contributed by atoms with Crippen molar-refractivity contribution in [2.45, 2.75) is 6.92 Å². The summed E-state index contributed by atoms with van der Waals surface area (Å²) in [6, 6.07) is 17.1. The SMILES string of the molecule is Cc1ncc(C(=O)Nc2cc[c]cc2)c(-c2ccc(Cl)cc2)n1. The Morgan fingerprint density at radius 2 is 1.83 bits per heavy atom. The molecule has 3 rings (SSSR count). The molecule has 1 radical (unpaired) electrons. The van der Waals surface area contributed by atoms with Gasteiger partial charge in [0.25, 0.3) is 5.91 Å². The van der Waals surface area contributed by atoms with E-state index >= 15 is 0 Å². The van der Waals surface area contributed by atoms with Gasteiger partial charge in [0.05, 0.1) is 11.3 Å². The van der Waals surface area contributed by atoms with Crippen LogP contribution in [0.15, 0.2) is 54.7 Å². The predicted molar refractivity (Wildman–Crippen MR) is 90.4 cm³/mol. The normalized spacial score (nSPS) is 10.3. The number of halogens is 1. The van der Waals surface area contributed by atoms with Crippen molar-refractivity contribution in [3.05, 3.63) is 77.2 Å². The highest BCUT2D eigenvalue weighted by molar-refractivity contribution is 6.30. The summed E-state index contributed by atoms with van der Waals surface area (Å²) in [5.74, 6) is 0.335. The van der Waals surface area contributed by atoms with Crippen LogP contribution in [0.5, 0.6) is 0 Å². The van der Waals surface area contributed by atoms with Crippen LogP contribution in [-0.4, -0.2) is 15.9 Å². The highest BCUT2D eigenvalue weighted by Gasteiger charge is 2.15. The highest BCUT2D eigenvalue weighted by Crippen LogP contribution is 2.24. The molecule has 1 amide bonds. The van der Waals surface area contributed by atoms with E-state index < -0.39 is 0 Å². The lowest BCUT2D eigenvalue weighted by Gasteiger charge is -2.10. The molecule has 113 valence electrons. The van der Waals surface area contributed by atoms with Gasteiger partial charge >= 0.3 is 0 Å². The first-order chi connectivity index (χ1) is 11.1. The van der Waals surface area contributed by atoms with E-state index in [1.807, 2.05) is 12.1 Å². The molecule has 0 aliphatic heterocycles. The third-order valence-electron chi connectivity index (χ3n) is 3.25. The molecule has 3 aromatic rings. The Balaban J connectivity index is 1.99. The number of nitrogens with one attached hydrogen (secondary N) is 1. The first kappa shape index (κ1) is 15.2. The van der Waals surface area contributed by atoms with Crippen LogP contribution < -0.4 is 5.32 Å². The van der Waals surface area contributed by atoms with Crippen molar-refractivity contribution in [3.63, 3.8) is 0 Å². The summed E-state index contributed by atoms with van der Waals surface area (Å²) < 4.78 is 0. The molecule has 1 aromatic heterocycles. The van der Waals surface area contributed by atoms with E-state index in [0.29, 0.717) is 27.8 Å². The molecule has 0 spiro atoms. The summed E-state index contributed by atoms with van der Waals surface area (Å²) in [5.41, 5.74) is 2.49. The standard InChI is InChI=1S/C18H13ClN3O/c1-12-20-11-16(18(23)22-15-5-3-2-4-6-15)17(21-12)13-7-9-14(19)10-8-13/h3-11H,1H3,(H,22,23). The van der Waals surface area contributed by atoms with E-state index in [1.165, 1.54) is 6.20 Å². The molecule has 0 aliphatic rings. The molecule has 1 heterocycles. The number of aryl methyl sites for hydroxylation is 1. The number of nitrogens with zero attached hydrogens (tertiary/aromatic N) is 2. The van der Waals surface area contributed by atoms with Crippen LogP contribution >= 0.6 is 11.6 Å². The Kier molecular flexibility index (Phi) is 4.35. The molecule has 0 unspecified atom stereocenters. The second kappa shape index (κ2) is 6.58. The van der Waals surface area contributed by atoms with E-state index in [0.717, 1.165) is 5.56 Å². The van der Waals surface area contributed by atoms with E-state index in [9.17, 15) is 4.79 Å². The van der Waals surface area contributed by atoms with Crippen LogP contribution in [0.25, 0.3) is 11.3 Å². The smallest absolute Gasteiger partial charge is 0.259 e. The van der Waals surface area contributed by atoms with Crippen LogP contribution in [0.4, 0.5) is 5.69 Å². The number of anilines is 1. The van der Waals surface area contributed by atoms with Gasteiger partial charge in [0.2, 0.25) is 0 Å². The zero-order chi connectivity index (χ0) is 16.2. The van der Waals surface area contributed by atoms with Gasteiger partial charge in [0, 0.05) is 22.5 Å². The van der Waals surface area contributed by atoms with Crippen LogP contribution in [-0.2, 0) is 0 Å². The monoisotopic (exact) mass is 322 g/mol. The fraction of sp³-hybridized carbons (Fsp3) is 0.0556. The lowest BCUT2D eigenvalue weighted by atomic mass is 10.1. The van der Waals surface area contributed by atoms with Crippen LogP contribution in [0.3, 0.4) is 0 Å². The van der Waals surface area contributed by atoms with Crippen molar-refractivity contribution in [1.82, 2.24) is 9.97 Å². The van der Waals surface area contributed by atoms with E-state index in [1.54, 1.807) is 43.3 Å². The largest absolute Gasteiger partial charge is 0.322 e. The zero-order valence-electron chi connectivity index (χ0n) is 12.4. The molecule has 0 aliphatic carbocycles. The Hall–Kier alpha value is -2.72. The van der Waals surface area contributed by atoms with Gasteiger partial charge in [0.15, 0.2) is 0 Å². The fourth-order valence-electron chi connectivity index (χ4n) is 2.13. The Labute approximate surface area is 139 Å². The van der Waals surface area contributed by atoms with Gasteiger partial charge in [0.1, 0.15) is 5.82 Å². The summed E-state index contributed by atoms with van der Waals surface area (Å²) >= 11 is 5.93.